The van der Waals surface area contributed by atoms with Crippen molar-refractivity contribution in [2.75, 3.05) is 46.6 Å². The van der Waals surface area contributed by atoms with Crippen LogP contribution >= 0.6 is 0 Å². The fourth-order valence-electron chi connectivity index (χ4n) is 0.877. The molecule has 0 saturated carbocycles. The zero-order valence-corrected chi connectivity index (χ0v) is 9.58. The number of nitrogens with one attached hydrogen (secondary N) is 1. The average Bonchev–Trinajstić information content (AvgIpc) is 2.23. The van der Waals surface area contributed by atoms with E-state index in [0.29, 0.717) is 26.4 Å². The van der Waals surface area contributed by atoms with E-state index in [1.807, 2.05) is 6.92 Å². The third-order valence-electron chi connectivity index (χ3n) is 1.62. The molecular formula is C10H21NO4. The first-order valence-corrected chi connectivity index (χ1v) is 5.24. The van der Waals surface area contributed by atoms with Crippen LogP contribution in [0.2, 0.25) is 0 Å². The molecule has 0 bridgehead atoms. The number of carbonyl (C=O) groups excluding carboxylic acids is 1. The van der Waals surface area contributed by atoms with Gasteiger partial charge >= 0.3 is 5.97 Å². The summed E-state index contributed by atoms with van der Waals surface area (Å²) >= 11 is 0. The lowest BCUT2D eigenvalue weighted by molar-refractivity contribution is -0.144. The first-order chi connectivity index (χ1) is 7.31. The van der Waals surface area contributed by atoms with Gasteiger partial charge in [-0.05, 0) is 13.0 Å². The number of ether oxygens (including phenoxy) is 3. The van der Waals surface area contributed by atoms with E-state index in [2.05, 4.69) is 5.32 Å². The minimum Gasteiger partial charge on any atom is -0.462 e. The van der Waals surface area contributed by atoms with Gasteiger partial charge in [0.05, 0.1) is 26.4 Å². The van der Waals surface area contributed by atoms with E-state index in [-0.39, 0.29) is 12.5 Å². The maximum atomic E-state index is 11.0. The van der Waals surface area contributed by atoms with Gasteiger partial charge in [0.25, 0.3) is 0 Å². The second-order valence-corrected chi connectivity index (χ2v) is 3.00. The molecule has 0 amide bonds. The van der Waals surface area contributed by atoms with Crippen molar-refractivity contribution in [2.24, 2.45) is 0 Å². The molecule has 0 spiro atoms. The van der Waals surface area contributed by atoms with Crippen LogP contribution in [0.15, 0.2) is 0 Å². The first kappa shape index (κ1) is 14.3. The molecule has 0 aliphatic carbocycles. The van der Waals surface area contributed by atoms with E-state index >= 15 is 0 Å². The van der Waals surface area contributed by atoms with E-state index in [0.717, 1.165) is 13.0 Å². The zero-order valence-electron chi connectivity index (χ0n) is 9.58. The third-order valence-corrected chi connectivity index (χ3v) is 1.62. The van der Waals surface area contributed by atoms with Crippen LogP contribution in [-0.2, 0) is 19.0 Å². The van der Waals surface area contributed by atoms with Crippen LogP contribution in [0.4, 0.5) is 0 Å². The molecule has 1 N–H and O–H groups in total. The first-order valence-electron chi connectivity index (χ1n) is 5.24. The number of hydrogen-bond donors (Lipinski definition) is 1. The average molecular weight is 219 g/mol. The highest BCUT2D eigenvalue weighted by atomic mass is 16.6. The predicted molar refractivity (Wildman–Crippen MR) is 56.8 cm³/mol. The molecule has 5 heteroatoms. The summed E-state index contributed by atoms with van der Waals surface area (Å²) in [6, 6.07) is 0. The van der Waals surface area contributed by atoms with Gasteiger partial charge in [-0.1, -0.05) is 6.92 Å². The molecule has 0 aliphatic rings. The van der Waals surface area contributed by atoms with Crippen molar-refractivity contribution in [1.82, 2.24) is 5.32 Å². The van der Waals surface area contributed by atoms with Gasteiger partial charge in [-0.3, -0.25) is 4.79 Å². The number of methoxy groups -OCH3 is 1. The normalized spacial score (nSPS) is 10.3. The van der Waals surface area contributed by atoms with Gasteiger partial charge in [-0.2, -0.15) is 0 Å². The fraction of sp³-hybridized carbons (Fsp3) is 0.900. The predicted octanol–water partition coefficient (Wildman–Crippen LogP) is 0.192. The molecule has 5 nitrogen and oxygen atoms in total. The van der Waals surface area contributed by atoms with Crippen LogP contribution < -0.4 is 5.32 Å². The molecule has 0 aromatic rings. The molecule has 0 aliphatic heterocycles. The van der Waals surface area contributed by atoms with Crippen molar-refractivity contribution in [3.63, 3.8) is 0 Å². The van der Waals surface area contributed by atoms with Gasteiger partial charge in [0.15, 0.2) is 0 Å². The van der Waals surface area contributed by atoms with Crippen LogP contribution in [0.5, 0.6) is 0 Å². The Hall–Kier alpha value is -0.650. The van der Waals surface area contributed by atoms with Crippen molar-refractivity contribution < 1.29 is 19.0 Å². The Morgan fingerprint density at radius 3 is 2.60 bits per heavy atom. The Morgan fingerprint density at radius 2 is 1.93 bits per heavy atom. The van der Waals surface area contributed by atoms with Crippen LogP contribution in [0, 0.1) is 0 Å². The molecule has 0 heterocycles. The smallest absolute Gasteiger partial charge is 0.319 e. The minimum atomic E-state index is -0.237. The SMILES string of the molecule is CCCNCC(=O)OCCOCCOC. The van der Waals surface area contributed by atoms with E-state index < -0.39 is 0 Å². The lowest BCUT2D eigenvalue weighted by Gasteiger charge is -2.06. The maximum Gasteiger partial charge on any atom is 0.319 e. The number of esters is 1. The van der Waals surface area contributed by atoms with Crippen LogP contribution in [0.1, 0.15) is 13.3 Å². The van der Waals surface area contributed by atoms with Gasteiger partial charge in [-0.15, -0.1) is 0 Å². The van der Waals surface area contributed by atoms with Gasteiger partial charge in [0, 0.05) is 7.11 Å². The summed E-state index contributed by atoms with van der Waals surface area (Å²) in [4.78, 5) is 11.0. The Morgan fingerprint density at radius 1 is 1.20 bits per heavy atom. The molecule has 15 heavy (non-hydrogen) atoms. The van der Waals surface area contributed by atoms with Crippen LogP contribution in [0.25, 0.3) is 0 Å². The molecule has 0 aromatic heterocycles. The Kier molecular flexibility index (Phi) is 10.9. The van der Waals surface area contributed by atoms with Gasteiger partial charge in [0.2, 0.25) is 0 Å². The fourth-order valence-corrected chi connectivity index (χ4v) is 0.877. The van der Waals surface area contributed by atoms with Crippen molar-refractivity contribution in [3.8, 4) is 0 Å². The standard InChI is InChI=1S/C10H21NO4/c1-3-4-11-9-10(12)15-8-7-14-6-5-13-2/h11H,3-9H2,1-2H3. The zero-order chi connectivity index (χ0) is 11.4. The molecular weight excluding hydrogens is 198 g/mol. The highest BCUT2D eigenvalue weighted by molar-refractivity contribution is 5.71. The van der Waals surface area contributed by atoms with E-state index in [4.69, 9.17) is 14.2 Å². The maximum absolute atomic E-state index is 11.0. The molecule has 0 radical (unpaired) electrons. The second-order valence-electron chi connectivity index (χ2n) is 3.00. The number of carbonyl (C=O) groups is 1. The lowest BCUT2D eigenvalue weighted by Crippen LogP contribution is -2.26. The summed E-state index contributed by atoms with van der Waals surface area (Å²) in [6.07, 6.45) is 1.01. The monoisotopic (exact) mass is 219 g/mol. The van der Waals surface area contributed by atoms with E-state index in [9.17, 15) is 4.79 Å². The Balaban J connectivity index is 3.10. The molecule has 0 fully saturated rings. The highest BCUT2D eigenvalue weighted by Gasteiger charge is 2.00. The van der Waals surface area contributed by atoms with E-state index in [1.54, 1.807) is 7.11 Å². The summed E-state index contributed by atoms with van der Waals surface area (Å²) in [6.45, 7) is 4.96. The number of rotatable bonds is 10. The third kappa shape index (κ3) is 11.3. The Bertz CT molecular complexity index is 152. The molecule has 90 valence electrons. The van der Waals surface area contributed by atoms with Crippen molar-refractivity contribution >= 4 is 5.97 Å². The van der Waals surface area contributed by atoms with Crippen molar-refractivity contribution in [3.05, 3.63) is 0 Å². The van der Waals surface area contributed by atoms with Gasteiger partial charge in [-0.25, -0.2) is 0 Å². The molecule has 0 atom stereocenters. The topological polar surface area (TPSA) is 56.8 Å². The summed E-state index contributed by atoms with van der Waals surface area (Å²) in [7, 11) is 1.61. The second kappa shape index (κ2) is 11.4. The number of hydrogen-bond acceptors (Lipinski definition) is 5. The van der Waals surface area contributed by atoms with Gasteiger partial charge < -0.3 is 19.5 Å². The summed E-state index contributed by atoms with van der Waals surface area (Å²) in [5.74, 6) is -0.237. The summed E-state index contributed by atoms with van der Waals surface area (Å²) in [5, 5.41) is 2.96. The quantitative estimate of drug-likeness (QED) is 0.420. The van der Waals surface area contributed by atoms with Crippen LogP contribution in [-0.4, -0.2) is 52.6 Å². The van der Waals surface area contributed by atoms with Gasteiger partial charge in [0.1, 0.15) is 6.61 Å². The summed E-state index contributed by atoms with van der Waals surface area (Å²) in [5.41, 5.74) is 0. The molecule has 0 aromatic carbocycles. The largest absolute Gasteiger partial charge is 0.462 e. The molecule has 0 saturated heterocycles. The van der Waals surface area contributed by atoms with Crippen LogP contribution in [0.3, 0.4) is 0 Å². The highest BCUT2D eigenvalue weighted by Crippen LogP contribution is 1.81. The molecule has 0 unspecified atom stereocenters. The molecule has 0 rings (SSSR count). The van der Waals surface area contributed by atoms with Crippen molar-refractivity contribution in [1.29, 1.82) is 0 Å². The lowest BCUT2D eigenvalue weighted by atomic mass is 10.5. The van der Waals surface area contributed by atoms with E-state index in [1.165, 1.54) is 0 Å². The van der Waals surface area contributed by atoms with Crippen molar-refractivity contribution in [2.45, 2.75) is 13.3 Å². The summed E-state index contributed by atoms with van der Waals surface area (Å²) < 4.78 is 14.8. The Labute approximate surface area is 91.1 Å². The minimum absolute atomic E-state index is 0.237.